The van der Waals surface area contributed by atoms with Crippen molar-refractivity contribution in [1.82, 2.24) is 0 Å². The van der Waals surface area contributed by atoms with Gasteiger partial charge < -0.3 is 10.1 Å². The molecule has 104 valence electrons. The molecule has 0 saturated heterocycles. The van der Waals surface area contributed by atoms with Crippen LogP contribution in [0.4, 0.5) is 21.5 Å². The van der Waals surface area contributed by atoms with Crippen molar-refractivity contribution in [2.45, 2.75) is 6.92 Å². The van der Waals surface area contributed by atoms with E-state index in [1.54, 1.807) is 25.3 Å². The Balaban J connectivity index is 2.40. The number of nitro groups is 1. The number of nitrogens with one attached hydrogen (secondary N) is 1. The maximum atomic E-state index is 13.5. The molecule has 2 aromatic rings. The molecule has 0 amide bonds. The van der Waals surface area contributed by atoms with Crippen LogP contribution in [0, 0.1) is 22.9 Å². The van der Waals surface area contributed by atoms with E-state index in [4.69, 9.17) is 4.74 Å². The van der Waals surface area contributed by atoms with Gasteiger partial charge in [-0.25, -0.2) is 0 Å². The maximum Gasteiger partial charge on any atom is 0.327 e. The lowest BCUT2D eigenvalue weighted by atomic mass is 10.1. The molecule has 0 saturated carbocycles. The molecule has 1 N–H and O–H groups in total. The fraction of sp³-hybridized carbons (Fsp3) is 0.143. The highest BCUT2D eigenvalue weighted by Crippen LogP contribution is 2.32. The SMILES string of the molecule is COc1ccc(Nc2cccc(F)c2[N+](=O)[O-])c(C)c1. The first kappa shape index (κ1) is 13.8. The molecule has 0 aliphatic heterocycles. The zero-order valence-electron chi connectivity index (χ0n) is 11.0. The quantitative estimate of drug-likeness (QED) is 0.681. The Bertz CT molecular complexity index is 659. The summed E-state index contributed by atoms with van der Waals surface area (Å²) >= 11 is 0. The first-order valence-electron chi connectivity index (χ1n) is 5.87. The van der Waals surface area contributed by atoms with Crippen molar-refractivity contribution in [3.8, 4) is 5.75 Å². The lowest BCUT2D eigenvalue weighted by Gasteiger charge is -2.11. The van der Waals surface area contributed by atoms with Crippen molar-refractivity contribution in [3.63, 3.8) is 0 Å². The number of para-hydroxylation sites is 1. The predicted octanol–water partition coefficient (Wildman–Crippen LogP) is 3.79. The summed E-state index contributed by atoms with van der Waals surface area (Å²) in [4.78, 5) is 10.2. The minimum absolute atomic E-state index is 0.114. The normalized spacial score (nSPS) is 10.2. The molecule has 0 aromatic heterocycles. The highest BCUT2D eigenvalue weighted by Gasteiger charge is 2.20. The summed E-state index contributed by atoms with van der Waals surface area (Å²) < 4.78 is 18.6. The van der Waals surface area contributed by atoms with Crippen molar-refractivity contribution >= 4 is 17.1 Å². The summed E-state index contributed by atoms with van der Waals surface area (Å²) in [5.41, 5.74) is 1.04. The summed E-state index contributed by atoms with van der Waals surface area (Å²) in [6, 6.07) is 9.18. The van der Waals surface area contributed by atoms with Crippen LogP contribution in [0.3, 0.4) is 0 Å². The van der Waals surface area contributed by atoms with Gasteiger partial charge in [0.15, 0.2) is 0 Å². The summed E-state index contributed by atoms with van der Waals surface area (Å²) in [5, 5.41) is 13.8. The molecule has 0 bridgehead atoms. The van der Waals surface area contributed by atoms with Gasteiger partial charge in [0.1, 0.15) is 11.4 Å². The first-order chi connectivity index (χ1) is 9.52. The third-order valence-corrected chi connectivity index (χ3v) is 2.87. The van der Waals surface area contributed by atoms with E-state index in [2.05, 4.69) is 5.32 Å². The van der Waals surface area contributed by atoms with E-state index in [0.717, 1.165) is 11.6 Å². The molecule has 0 atom stereocenters. The van der Waals surface area contributed by atoms with Gasteiger partial charge in [0.25, 0.3) is 0 Å². The molecule has 2 rings (SSSR count). The fourth-order valence-electron chi connectivity index (χ4n) is 1.85. The van der Waals surface area contributed by atoms with Crippen molar-refractivity contribution in [3.05, 3.63) is 57.9 Å². The Morgan fingerprint density at radius 3 is 2.60 bits per heavy atom. The zero-order valence-corrected chi connectivity index (χ0v) is 11.0. The highest BCUT2D eigenvalue weighted by atomic mass is 19.1. The summed E-state index contributed by atoms with van der Waals surface area (Å²) in [6.07, 6.45) is 0. The summed E-state index contributed by atoms with van der Waals surface area (Å²) in [5.74, 6) is -0.187. The minimum Gasteiger partial charge on any atom is -0.497 e. The second-order valence-electron chi connectivity index (χ2n) is 4.20. The Kier molecular flexibility index (Phi) is 3.84. The second-order valence-corrected chi connectivity index (χ2v) is 4.20. The number of ether oxygens (including phenoxy) is 1. The standard InChI is InChI=1S/C14H13FN2O3/c1-9-8-10(20-2)6-7-12(9)16-13-5-3-4-11(15)14(13)17(18)19/h3-8,16H,1-2H3. The van der Waals surface area contributed by atoms with Crippen molar-refractivity contribution in [1.29, 1.82) is 0 Å². The van der Waals surface area contributed by atoms with E-state index in [-0.39, 0.29) is 5.69 Å². The lowest BCUT2D eigenvalue weighted by molar-refractivity contribution is -0.386. The van der Waals surface area contributed by atoms with Gasteiger partial charge in [-0.3, -0.25) is 10.1 Å². The Hall–Kier alpha value is -2.63. The number of hydrogen-bond acceptors (Lipinski definition) is 4. The number of anilines is 2. The van der Waals surface area contributed by atoms with Crippen molar-refractivity contribution in [2.24, 2.45) is 0 Å². The number of methoxy groups -OCH3 is 1. The van der Waals surface area contributed by atoms with Crippen LogP contribution in [0.1, 0.15) is 5.56 Å². The monoisotopic (exact) mass is 276 g/mol. The van der Waals surface area contributed by atoms with Gasteiger partial charge in [0.2, 0.25) is 5.82 Å². The molecule has 0 spiro atoms. The second kappa shape index (κ2) is 5.56. The topological polar surface area (TPSA) is 64.4 Å². The number of aryl methyl sites for hydroxylation is 1. The Morgan fingerprint density at radius 2 is 2.00 bits per heavy atom. The summed E-state index contributed by atoms with van der Waals surface area (Å²) in [6.45, 7) is 1.83. The minimum atomic E-state index is -0.869. The molecule has 0 unspecified atom stereocenters. The van der Waals surface area contributed by atoms with Crippen LogP contribution in [0.2, 0.25) is 0 Å². The molecule has 6 heteroatoms. The first-order valence-corrected chi connectivity index (χ1v) is 5.87. The van der Waals surface area contributed by atoms with Crippen molar-refractivity contribution in [2.75, 3.05) is 12.4 Å². The molecule has 0 fully saturated rings. The van der Waals surface area contributed by atoms with Crippen LogP contribution < -0.4 is 10.1 Å². The van der Waals surface area contributed by atoms with Crippen molar-refractivity contribution < 1.29 is 14.1 Å². The molecule has 5 nitrogen and oxygen atoms in total. The van der Waals surface area contributed by atoms with E-state index >= 15 is 0 Å². The number of hydrogen-bond donors (Lipinski definition) is 1. The molecule has 20 heavy (non-hydrogen) atoms. The van der Waals surface area contributed by atoms with E-state index in [1.165, 1.54) is 12.1 Å². The maximum absolute atomic E-state index is 13.5. The fourth-order valence-corrected chi connectivity index (χ4v) is 1.85. The lowest BCUT2D eigenvalue weighted by Crippen LogP contribution is -2.00. The van der Waals surface area contributed by atoms with Crippen LogP contribution >= 0.6 is 0 Å². The highest BCUT2D eigenvalue weighted by molar-refractivity contribution is 5.71. The molecule has 0 aliphatic rings. The molecule has 0 aliphatic carbocycles. The number of nitrogens with zero attached hydrogens (tertiary/aromatic N) is 1. The zero-order chi connectivity index (χ0) is 14.7. The largest absolute Gasteiger partial charge is 0.497 e. The van der Waals surface area contributed by atoms with Gasteiger partial charge in [-0.2, -0.15) is 4.39 Å². The van der Waals surface area contributed by atoms with E-state index in [1.807, 2.05) is 6.92 Å². The predicted molar refractivity (Wildman–Crippen MR) is 74.1 cm³/mol. The van der Waals surface area contributed by atoms with Crippen LogP contribution in [0.25, 0.3) is 0 Å². The van der Waals surface area contributed by atoms with E-state index < -0.39 is 16.4 Å². The Morgan fingerprint density at radius 1 is 1.25 bits per heavy atom. The van der Waals surface area contributed by atoms with Gasteiger partial charge in [0, 0.05) is 5.69 Å². The number of rotatable bonds is 4. The number of nitro benzene ring substituents is 1. The van der Waals surface area contributed by atoms with E-state index in [9.17, 15) is 14.5 Å². The third kappa shape index (κ3) is 2.69. The third-order valence-electron chi connectivity index (χ3n) is 2.87. The van der Waals surface area contributed by atoms with Crippen LogP contribution in [-0.2, 0) is 0 Å². The Labute approximate surface area is 115 Å². The molecular formula is C14H13FN2O3. The molecular weight excluding hydrogens is 263 g/mol. The molecule has 0 radical (unpaired) electrons. The number of benzene rings is 2. The van der Waals surface area contributed by atoms with Crippen LogP contribution in [-0.4, -0.2) is 12.0 Å². The molecule has 2 aromatic carbocycles. The smallest absolute Gasteiger partial charge is 0.327 e. The summed E-state index contributed by atoms with van der Waals surface area (Å²) in [7, 11) is 1.55. The van der Waals surface area contributed by atoms with Gasteiger partial charge in [-0.1, -0.05) is 6.07 Å². The average Bonchev–Trinajstić information content (AvgIpc) is 2.40. The van der Waals surface area contributed by atoms with E-state index in [0.29, 0.717) is 11.4 Å². The van der Waals surface area contributed by atoms with Crippen LogP contribution in [0.15, 0.2) is 36.4 Å². The van der Waals surface area contributed by atoms with Crippen LogP contribution in [0.5, 0.6) is 5.75 Å². The van der Waals surface area contributed by atoms with Gasteiger partial charge in [-0.05, 0) is 42.8 Å². The van der Waals surface area contributed by atoms with Gasteiger partial charge in [-0.15, -0.1) is 0 Å². The number of halogens is 1. The average molecular weight is 276 g/mol. The van der Waals surface area contributed by atoms with Gasteiger partial charge in [0.05, 0.1) is 12.0 Å². The molecule has 0 heterocycles. The van der Waals surface area contributed by atoms with Gasteiger partial charge >= 0.3 is 5.69 Å².